The number of nitrogens with zero attached hydrogens (tertiary/aromatic N) is 1. The van der Waals surface area contributed by atoms with E-state index in [0.29, 0.717) is 44.6 Å². The number of carboxylic acids is 2. The SMILES string of the molecule is O=C(CCCCCN1C(=O)C=CC1=O)NC[C@H](NC(=O)CCCCCC/C=C/CCOc1ccc(C(=O)O)cc1)C(=O)O. The number of imide groups is 1. The summed E-state index contributed by atoms with van der Waals surface area (Å²) < 4.78 is 5.58. The molecule has 1 aliphatic heterocycles. The fourth-order valence-electron chi connectivity index (χ4n) is 4.23. The van der Waals surface area contributed by atoms with Crippen molar-refractivity contribution in [2.24, 2.45) is 0 Å². The van der Waals surface area contributed by atoms with E-state index >= 15 is 0 Å². The van der Waals surface area contributed by atoms with Crippen LogP contribution >= 0.6 is 0 Å². The van der Waals surface area contributed by atoms with E-state index in [-0.39, 0.29) is 48.6 Å². The number of hydrogen-bond acceptors (Lipinski definition) is 7. The number of carboxylic acid groups (broad SMARTS) is 2. The summed E-state index contributed by atoms with van der Waals surface area (Å²) in [6.45, 7) is 0.574. The Morgan fingerprint density at radius 1 is 0.791 bits per heavy atom. The molecule has 1 aliphatic rings. The lowest BCUT2D eigenvalue weighted by Crippen LogP contribution is -2.48. The standard InChI is InChI=1S/C31H41N3O9/c35-26(12-9-7-10-20-34-28(37)18-19-29(34)38)32-22-25(31(41)42)33-27(36)13-8-5-3-1-2-4-6-11-21-43-24-16-14-23(15-17-24)30(39)40/h4,6,14-19,25H,1-3,5,7-13,20-22H2,(H,32,35)(H,33,36)(H,39,40)(H,41,42)/b6-4+/t25-/m0/s1. The van der Waals surface area contributed by atoms with Gasteiger partial charge in [-0.2, -0.15) is 0 Å². The fourth-order valence-corrected chi connectivity index (χ4v) is 4.23. The molecular formula is C31H41N3O9. The molecule has 1 aromatic carbocycles. The highest BCUT2D eigenvalue weighted by Crippen LogP contribution is 2.13. The molecule has 0 fully saturated rings. The summed E-state index contributed by atoms with van der Waals surface area (Å²) >= 11 is 0. The van der Waals surface area contributed by atoms with Gasteiger partial charge in [0.2, 0.25) is 11.8 Å². The van der Waals surface area contributed by atoms with Gasteiger partial charge in [-0.25, -0.2) is 9.59 Å². The Morgan fingerprint density at radius 3 is 2.05 bits per heavy atom. The van der Waals surface area contributed by atoms with Gasteiger partial charge >= 0.3 is 11.9 Å². The largest absolute Gasteiger partial charge is 0.493 e. The van der Waals surface area contributed by atoms with E-state index in [1.165, 1.54) is 24.3 Å². The second kappa shape index (κ2) is 19.6. The normalized spacial score (nSPS) is 13.3. The lowest BCUT2D eigenvalue weighted by atomic mass is 10.1. The maximum Gasteiger partial charge on any atom is 0.335 e. The average Bonchev–Trinajstić information content (AvgIpc) is 3.30. The third-order valence-corrected chi connectivity index (χ3v) is 6.67. The predicted molar refractivity (Wildman–Crippen MR) is 157 cm³/mol. The molecule has 1 aromatic rings. The van der Waals surface area contributed by atoms with E-state index in [2.05, 4.69) is 16.7 Å². The van der Waals surface area contributed by atoms with E-state index < -0.39 is 18.0 Å². The minimum atomic E-state index is -1.23. The van der Waals surface area contributed by atoms with Crippen LogP contribution in [0.2, 0.25) is 0 Å². The van der Waals surface area contributed by atoms with Gasteiger partial charge in [0.25, 0.3) is 11.8 Å². The Balaban J connectivity index is 1.46. The molecule has 1 atom stereocenters. The van der Waals surface area contributed by atoms with Gasteiger partial charge in [-0.3, -0.25) is 24.1 Å². The van der Waals surface area contributed by atoms with Crippen molar-refractivity contribution >= 4 is 35.6 Å². The number of amides is 4. The van der Waals surface area contributed by atoms with Gasteiger partial charge in [-0.15, -0.1) is 0 Å². The van der Waals surface area contributed by atoms with Gasteiger partial charge in [0.05, 0.1) is 12.2 Å². The number of allylic oxidation sites excluding steroid dienone is 1. The highest BCUT2D eigenvalue weighted by molar-refractivity contribution is 6.12. The molecule has 0 unspecified atom stereocenters. The first kappa shape index (κ1) is 34.7. The summed E-state index contributed by atoms with van der Waals surface area (Å²) in [7, 11) is 0. The molecule has 12 nitrogen and oxygen atoms in total. The molecule has 0 saturated heterocycles. The zero-order valence-electron chi connectivity index (χ0n) is 24.3. The van der Waals surface area contributed by atoms with Gasteiger partial charge in [-0.1, -0.05) is 31.4 Å². The van der Waals surface area contributed by atoms with E-state index in [1.54, 1.807) is 12.1 Å². The molecule has 12 heteroatoms. The van der Waals surface area contributed by atoms with Gasteiger partial charge in [-0.05, 0) is 62.8 Å². The van der Waals surface area contributed by atoms with Gasteiger partial charge in [0, 0.05) is 38.1 Å². The summed E-state index contributed by atoms with van der Waals surface area (Å²) in [5.41, 5.74) is 0.214. The molecule has 0 saturated carbocycles. The number of carbonyl (C=O) groups is 6. The maximum atomic E-state index is 12.2. The van der Waals surface area contributed by atoms with Crippen LogP contribution in [0.4, 0.5) is 0 Å². The molecule has 4 N–H and O–H groups in total. The van der Waals surface area contributed by atoms with Crippen molar-refractivity contribution in [2.75, 3.05) is 19.7 Å². The van der Waals surface area contributed by atoms with Crippen molar-refractivity contribution in [2.45, 2.75) is 76.7 Å². The molecule has 4 amide bonds. The second-order valence-corrected chi connectivity index (χ2v) is 10.1. The van der Waals surface area contributed by atoms with Crippen molar-refractivity contribution in [3.05, 3.63) is 54.1 Å². The van der Waals surface area contributed by atoms with Crippen LogP contribution in [0.1, 0.15) is 81.0 Å². The molecule has 1 heterocycles. The van der Waals surface area contributed by atoms with E-state index in [0.717, 1.165) is 37.0 Å². The highest BCUT2D eigenvalue weighted by atomic mass is 16.5. The maximum absolute atomic E-state index is 12.2. The summed E-state index contributed by atoms with van der Waals surface area (Å²) in [5, 5.41) is 23.3. The summed E-state index contributed by atoms with van der Waals surface area (Å²) in [6, 6.07) is 5.05. The van der Waals surface area contributed by atoms with Crippen molar-refractivity contribution in [1.82, 2.24) is 15.5 Å². The zero-order valence-corrected chi connectivity index (χ0v) is 24.3. The predicted octanol–water partition coefficient (Wildman–Crippen LogP) is 3.22. The monoisotopic (exact) mass is 599 g/mol. The molecule has 0 aromatic heterocycles. The number of ether oxygens (including phenoxy) is 1. The molecule has 0 aliphatic carbocycles. The minimum Gasteiger partial charge on any atom is -0.493 e. The van der Waals surface area contributed by atoms with Crippen molar-refractivity contribution < 1.29 is 43.7 Å². The Bertz CT molecular complexity index is 1140. The van der Waals surface area contributed by atoms with Crippen molar-refractivity contribution in [3.63, 3.8) is 0 Å². The van der Waals surface area contributed by atoms with Crippen LogP contribution in [0.25, 0.3) is 0 Å². The van der Waals surface area contributed by atoms with Crippen LogP contribution in [-0.2, 0) is 24.0 Å². The van der Waals surface area contributed by atoms with Crippen LogP contribution in [0, 0.1) is 0 Å². The van der Waals surface area contributed by atoms with Crippen LogP contribution in [0.3, 0.4) is 0 Å². The van der Waals surface area contributed by atoms with Crippen LogP contribution < -0.4 is 15.4 Å². The first-order valence-corrected chi connectivity index (χ1v) is 14.6. The topological polar surface area (TPSA) is 179 Å². The molecular weight excluding hydrogens is 558 g/mol. The first-order valence-electron chi connectivity index (χ1n) is 14.6. The van der Waals surface area contributed by atoms with Gasteiger partial charge in [0.1, 0.15) is 11.8 Å². The highest BCUT2D eigenvalue weighted by Gasteiger charge is 2.22. The van der Waals surface area contributed by atoms with E-state index in [4.69, 9.17) is 9.84 Å². The van der Waals surface area contributed by atoms with E-state index in [9.17, 15) is 33.9 Å². The Kier molecular flexibility index (Phi) is 15.8. The second-order valence-electron chi connectivity index (χ2n) is 10.1. The number of nitrogens with one attached hydrogen (secondary N) is 2. The number of rotatable bonds is 22. The van der Waals surface area contributed by atoms with Gasteiger partial charge in [0.15, 0.2) is 0 Å². The lowest BCUT2D eigenvalue weighted by Gasteiger charge is -2.15. The minimum absolute atomic E-state index is 0.175. The number of aliphatic carboxylic acids is 1. The third-order valence-electron chi connectivity index (χ3n) is 6.67. The zero-order chi connectivity index (χ0) is 31.5. The summed E-state index contributed by atoms with van der Waals surface area (Å²) in [4.78, 5) is 70.8. The van der Waals surface area contributed by atoms with Crippen LogP contribution in [-0.4, -0.2) is 76.4 Å². The number of benzene rings is 1. The molecule has 43 heavy (non-hydrogen) atoms. The molecule has 0 radical (unpaired) electrons. The van der Waals surface area contributed by atoms with Crippen molar-refractivity contribution in [1.29, 1.82) is 0 Å². The smallest absolute Gasteiger partial charge is 0.335 e. The molecule has 2 rings (SSSR count). The Labute approximate surface area is 251 Å². The fraction of sp³-hybridized carbons (Fsp3) is 0.484. The lowest BCUT2D eigenvalue weighted by molar-refractivity contribution is -0.142. The average molecular weight is 600 g/mol. The third kappa shape index (κ3) is 14.3. The van der Waals surface area contributed by atoms with Crippen LogP contribution in [0.15, 0.2) is 48.6 Å². The Morgan fingerprint density at radius 2 is 1.40 bits per heavy atom. The number of unbranched alkanes of at least 4 members (excludes halogenated alkanes) is 6. The summed E-state index contributed by atoms with van der Waals surface area (Å²) in [6.07, 6.45) is 13.7. The van der Waals surface area contributed by atoms with Crippen molar-refractivity contribution in [3.8, 4) is 5.75 Å². The van der Waals surface area contributed by atoms with E-state index in [1.807, 2.05) is 6.08 Å². The summed E-state index contributed by atoms with van der Waals surface area (Å²) in [5.74, 6) is -2.95. The quantitative estimate of drug-likeness (QED) is 0.0884. The number of hydrogen-bond donors (Lipinski definition) is 4. The Hall–Kier alpha value is -4.48. The van der Waals surface area contributed by atoms with Crippen LogP contribution in [0.5, 0.6) is 5.75 Å². The van der Waals surface area contributed by atoms with Gasteiger partial charge < -0.3 is 25.6 Å². The molecule has 234 valence electrons. The molecule has 0 bridgehead atoms. The first-order chi connectivity index (χ1) is 20.7. The number of carbonyl (C=O) groups excluding carboxylic acids is 4. The number of aromatic carboxylic acids is 1. The molecule has 0 spiro atoms.